The van der Waals surface area contributed by atoms with Gasteiger partial charge in [0, 0.05) is 0 Å². The molecule has 0 bridgehead atoms. The Morgan fingerprint density at radius 1 is 1.41 bits per heavy atom. The van der Waals surface area contributed by atoms with Crippen LogP contribution in [-0.4, -0.2) is 9.91 Å². The fourth-order valence-electron chi connectivity index (χ4n) is 1.20. The van der Waals surface area contributed by atoms with Gasteiger partial charge in [-0.25, -0.2) is 8.78 Å². The van der Waals surface area contributed by atoms with Gasteiger partial charge < -0.3 is 15.8 Å². The lowest BCUT2D eigenvalue weighted by Crippen LogP contribution is -2.15. The minimum atomic E-state index is -5.22. The van der Waals surface area contributed by atoms with Gasteiger partial charge in [0.1, 0.15) is 5.56 Å². The Labute approximate surface area is 90.2 Å². The van der Waals surface area contributed by atoms with E-state index in [-0.39, 0.29) is 0 Å². The summed E-state index contributed by atoms with van der Waals surface area (Å²) in [6, 6.07) is 0. The molecule has 0 saturated heterocycles. The minimum Gasteiger partial charge on any atom is -0.395 e. The highest BCUT2D eigenvalue weighted by molar-refractivity contribution is 5.56. The van der Waals surface area contributed by atoms with Crippen molar-refractivity contribution in [3.8, 4) is 0 Å². The van der Waals surface area contributed by atoms with Crippen LogP contribution in [0.5, 0.6) is 0 Å². The third-order valence-electron chi connectivity index (χ3n) is 1.80. The first-order valence-corrected chi connectivity index (χ1v) is 3.94. The average molecular weight is 257 g/mol. The molecule has 0 aromatic carbocycles. The van der Waals surface area contributed by atoms with Crippen LogP contribution in [0.15, 0.2) is 6.20 Å². The maximum absolute atomic E-state index is 12.5. The number of hydrogen-bond donors (Lipinski definition) is 1. The van der Waals surface area contributed by atoms with Crippen molar-refractivity contribution in [1.82, 2.24) is 4.98 Å². The van der Waals surface area contributed by atoms with E-state index in [9.17, 15) is 32.1 Å². The molecule has 0 unspecified atom stereocenters. The van der Waals surface area contributed by atoms with Gasteiger partial charge in [0.05, 0.1) is 11.3 Å². The standard InChI is InChI=1S/C7H4F5N3O2/c8-5(9)3-4(7(10,11)12)2(13)1-14-6(3)15(16)17/h1,5H,13H2. The van der Waals surface area contributed by atoms with E-state index in [1.54, 1.807) is 0 Å². The topological polar surface area (TPSA) is 82.0 Å². The van der Waals surface area contributed by atoms with Crippen molar-refractivity contribution < 1.29 is 26.9 Å². The first kappa shape index (κ1) is 13.1. The van der Waals surface area contributed by atoms with E-state index in [4.69, 9.17) is 5.73 Å². The predicted octanol–water partition coefficient (Wildman–Crippen LogP) is 2.53. The quantitative estimate of drug-likeness (QED) is 0.501. The van der Waals surface area contributed by atoms with E-state index in [0.29, 0.717) is 6.20 Å². The molecule has 1 heterocycles. The number of rotatable bonds is 2. The van der Waals surface area contributed by atoms with Crippen LogP contribution < -0.4 is 5.73 Å². The van der Waals surface area contributed by atoms with E-state index in [1.165, 1.54) is 0 Å². The van der Waals surface area contributed by atoms with Crippen molar-refractivity contribution >= 4 is 11.5 Å². The second-order valence-electron chi connectivity index (χ2n) is 2.88. The molecule has 0 fully saturated rings. The summed E-state index contributed by atoms with van der Waals surface area (Å²) in [5, 5.41) is 10.3. The van der Waals surface area contributed by atoms with Crippen LogP contribution >= 0.6 is 0 Å². The molecule has 0 atom stereocenters. The van der Waals surface area contributed by atoms with E-state index < -0.39 is 40.2 Å². The Hall–Kier alpha value is -2.00. The van der Waals surface area contributed by atoms with Gasteiger partial charge >= 0.3 is 12.0 Å². The summed E-state index contributed by atoms with van der Waals surface area (Å²) in [6.07, 6.45) is -8.60. The first-order valence-electron chi connectivity index (χ1n) is 3.94. The van der Waals surface area contributed by atoms with Gasteiger partial charge in [0.25, 0.3) is 6.43 Å². The van der Waals surface area contributed by atoms with Crippen molar-refractivity contribution in [3.05, 3.63) is 27.4 Å². The molecule has 1 aromatic heterocycles. The molecule has 0 amide bonds. The molecule has 0 aliphatic carbocycles. The molecular weight excluding hydrogens is 253 g/mol. The maximum Gasteiger partial charge on any atom is 0.419 e. The van der Waals surface area contributed by atoms with Crippen LogP contribution in [0.1, 0.15) is 17.6 Å². The zero-order valence-electron chi connectivity index (χ0n) is 7.83. The van der Waals surface area contributed by atoms with Gasteiger partial charge in [0.15, 0.2) is 6.20 Å². The SMILES string of the molecule is Nc1cnc([N+](=O)[O-])c(C(F)F)c1C(F)(F)F. The number of nitrogen functional groups attached to an aromatic ring is 1. The molecule has 0 aliphatic rings. The van der Waals surface area contributed by atoms with E-state index in [2.05, 4.69) is 4.98 Å². The summed E-state index contributed by atoms with van der Waals surface area (Å²) in [6.45, 7) is 0. The normalized spacial score (nSPS) is 11.9. The molecule has 1 aromatic rings. The lowest BCUT2D eigenvalue weighted by molar-refractivity contribution is -0.391. The maximum atomic E-state index is 12.5. The number of nitrogens with two attached hydrogens (primary N) is 1. The molecule has 10 heteroatoms. The first-order chi connectivity index (χ1) is 7.66. The van der Waals surface area contributed by atoms with Crippen LogP contribution in [0.3, 0.4) is 0 Å². The zero-order valence-corrected chi connectivity index (χ0v) is 7.83. The highest BCUT2D eigenvalue weighted by Gasteiger charge is 2.43. The number of pyridine rings is 1. The van der Waals surface area contributed by atoms with Crippen molar-refractivity contribution in [1.29, 1.82) is 0 Å². The van der Waals surface area contributed by atoms with Crippen LogP contribution in [-0.2, 0) is 6.18 Å². The van der Waals surface area contributed by atoms with Gasteiger partial charge in [-0.05, 0) is 9.91 Å². The van der Waals surface area contributed by atoms with E-state index >= 15 is 0 Å². The fraction of sp³-hybridized carbons (Fsp3) is 0.286. The molecule has 17 heavy (non-hydrogen) atoms. The summed E-state index contributed by atoms with van der Waals surface area (Å²) in [7, 11) is 0. The van der Waals surface area contributed by atoms with Gasteiger partial charge in [-0.15, -0.1) is 0 Å². The fourth-order valence-corrected chi connectivity index (χ4v) is 1.20. The monoisotopic (exact) mass is 257 g/mol. The molecule has 0 aliphatic heterocycles. The third-order valence-corrected chi connectivity index (χ3v) is 1.80. The Kier molecular flexibility index (Phi) is 3.16. The molecule has 0 radical (unpaired) electrons. The summed E-state index contributed by atoms with van der Waals surface area (Å²) in [4.78, 5) is 11.8. The highest BCUT2D eigenvalue weighted by Crippen LogP contribution is 2.42. The summed E-state index contributed by atoms with van der Waals surface area (Å²) in [5.74, 6) is -1.55. The summed E-state index contributed by atoms with van der Waals surface area (Å²) in [5.41, 5.74) is 0.0519. The van der Waals surface area contributed by atoms with Crippen molar-refractivity contribution in [2.75, 3.05) is 5.73 Å². The molecule has 2 N–H and O–H groups in total. The second-order valence-corrected chi connectivity index (χ2v) is 2.88. The van der Waals surface area contributed by atoms with E-state index in [0.717, 1.165) is 0 Å². The number of halogens is 5. The molecule has 0 saturated carbocycles. The molecular formula is C7H4F5N3O2. The number of aromatic nitrogens is 1. The number of nitrogens with zero attached hydrogens (tertiary/aromatic N) is 2. The molecule has 1 rings (SSSR count). The Morgan fingerprint density at radius 3 is 2.29 bits per heavy atom. The van der Waals surface area contributed by atoms with Crippen LogP contribution in [0.2, 0.25) is 0 Å². The van der Waals surface area contributed by atoms with Gasteiger partial charge in [0.2, 0.25) is 0 Å². The second kappa shape index (κ2) is 4.11. The summed E-state index contributed by atoms with van der Waals surface area (Å²) < 4.78 is 62.3. The zero-order chi connectivity index (χ0) is 13.4. The number of alkyl halides is 5. The number of anilines is 1. The van der Waals surface area contributed by atoms with E-state index in [1.807, 2.05) is 0 Å². The number of hydrogen-bond acceptors (Lipinski definition) is 4. The van der Waals surface area contributed by atoms with Crippen LogP contribution in [0.4, 0.5) is 33.5 Å². The lowest BCUT2D eigenvalue weighted by atomic mass is 10.1. The summed E-state index contributed by atoms with van der Waals surface area (Å²) >= 11 is 0. The lowest BCUT2D eigenvalue weighted by Gasteiger charge is -2.13. The van der Waals surface area contributed by atoms with Crippen molar-refractivity contribution in [2.45, 2.75) is 12.6 Å². The van der Waals surface area contributed by atoms with Crippen LogP contribution in [0.25, 0.3) is 0 Å². The smallest absolute Gasteiger partial charge is 0.395 e. The molecule has 0 spiro atoms. The highest BCUT2D eigenvalue weighted by atomic mass is 19.4. The van der Waals surface area contributed by atoms with Crippen LogP contribution in [0, 0.1) is 10.1 Å². The van der Waals surface area contributed by atoms with Crippen molar-refractivity contribution in [2.24, 2.45) is 0 Å². The Bertz CT molecular complexity index is 460. The average Bonchev–Trinajstić information content (AvgIpc) is 2.14. The third kappa shape index (κ3) is 2.40. The van der Waals surface area contributed by atoms with Crippen molar-refractivity contribution in [3.63, 3.8) is 0 Å². The molecule has 94 valence electrons. The number of nitro groups is 1. The van der Waals surface area contributed by atoms with Gasteiger partial charge in [-0.2, -0.15) is 13.2 Å². The predicted molar refractivity (Wildman–Crippen MR) is 45.3 cm³/mol. The van der Waals surface area contributed by atoms with Gasteiger partial charge in [-0.1, -0.05) is 0 Å². The largest absolute Gasteiger partial charge is 0.419 e. The Balaban J connectivity index is 3.67. The molecule has 5 nitrogen and oxygen atoms in total. The minimum absolute atomic E-state index is 0.326. The van der Waals surface area contributed by atoms with Gasteiger partial charge in [-0.3, -0.25) is 0 Å². The Morgan fingerprint density at radius 2 is 1.94 bits per heavy atom.